The molecule has 0 unspecified atom stereocenters. The van der Waals surface area contributed by atoms with Crippen LogP contribution in [0.4, 0.5) is 0 Å². The Hall–Kier alpha value is -1.35. The van der Waals surface area contributed by atoms with E-state index in [9.17, 15) is 9.90 Å². The molecule has 0 aromatic heterocycles. The fourth-order valence-electron chi connectivity index (χ4n) is 2.88. The third-order valence-corrected chi connectivity index (χ3v) is 3.83. The molecule has 1 N–H and O–H groups in total. The lowest BCUT2D eigenvalue weighted by atomic mass is 9.73. The molecule has 2 rings (SSSR count). The van der Waals surface area contributed by atoms with Gasteiger partial charge in [0.25, 0.3) is 0 Å². The van der Waals surface area contributed by atoms with Crippen molar-refractivity contribution in [3.05, 3.63) is 35.9 Å². The van der Waals surface area contributed by atoms with Crippen LogP contribution < -0.4 is 0 Å². The van der Waals surface area contributed by atoms with E-state index in [2.05, 4.69) is 0 Å². The predicted octanol–water partition coefficient (Wildman–Crippen LogP) is 2.64. The second-order valence-corrected chi connectivity index (χ2v) is 5.03. The zero-order chi connectivity index (χ0) is 13.0. The van der Waals surface area contributed by atoms with Gasteiger partial charge in [-0.3, -0.25) is 4.79 Å². The Morgan fingerprint density at radius 1 is 1.22 bits per heavy atom. The number of aliphatic hydroxyl groups is 1. The number of hydrogen-bond donors (Lipinski definition) is 1. The van der Waals surface area contributed by atoms with Crippen molar-refractivity contribution >= 4 is 5.97 Å². The molecular formula is C15H20O3. The van der Waals surface area contributed by atoms with Crippen molar-refractivity contribution in [1.29, 1.82) is 0 Å². The van der Waals surface area contributed by atoms with E-state index in [-0.39, 0.29) is 5.97 Å². The van der Waals surface area contributed by atoms with Gasteiger partial charge >= 0.3 is 5.97 Å². The summed E-state index contributed by atoms with van der Waals surface area (Å²) in [4.78, 5) is 12.0. The first-order chi connectivity index (χ1) is 8.67. The molecule has 0 radical (unpaired) electrons. The second kappa shape index (κ2) is 5.53. The Labute approximate surface area is 108 Å². The van der Waals surface area contributed by atoms with Crippen molar-refractivity contribution in [3.8, 4) is 0 Å². The monoisotopic (exact) mass is 248 g/mol. The molecule has 0 aliphatic heterocycles. The predicted molar refractivity (Wildman–Crippen MR) is 69.2 cm³/mol. The van der Waals surface area contributed by atoms with E-state index in [0.29, 0.717) is 12.8 Å². The molecule has 0 amide bonds. The second-order valence-electron chi connectivity index (χ2n) is 5.03. The Kier molecular flexibility index (Phi) is 4.02. The van der Waals surface area contributed by atoms with Crippen LogP contribution in [-0.4, -0.2) is 23.8 Å². The molecule has 0 saturated heterocycles. The van der Waals surface area contributed by atoms with Crippen LogP contribution >= 0.6 is 0 Å². The molecule has 18 heavy (non-hydrogen) atoms. The largest absolute Gasteiger partial charge is 0.468 e. The SMILES string of the molecule is COC(=O)[C@H](c1ccccc1)C1(O)CCCCC1. The summed E-state index contributed by atoms with van der Waals surface area (Å²) in [6.45, 7) is 0. The molecular weight excluding hydrogens is 228 g/mol. The van der Waals surface area contributed by atoms with E-state index < -0.39 is 11.5 Å². The Morgan fingerprint density at radius 3 is 2.39 bits per heavy atom. The van der Waals surface area contributed by atoms with Crippen molar-refractivity contribution < 1.29 is 14.6 Å². The third kappa shape index (κ3) is 2.56. The molecule has 1 aliphatic rings. The van der Waals surface area contributed by atoms with Crippen molar-refractivity contribution in [1.82, 2.24) is 0 Å². The lowest BCUT2D eigenvalue weighted by Crippen LogP contribution is -2.42. The van der Waals surface area contributed by atoms with Gasteiger partial charge in [0.05, 0.1) is 12.7 Å². The van der Waals surface area contributed by atoms with Crippen LogP contribution in [0.1, 0.15) is 43.6 Å². The smallest absolute Gasteiger partial charge is 0.316 e. The molecule has 1 aromatic carbocycles. The molecule has 98 valence electrons. The first-order valence-electron chi connectivity index (χ1n) is 6.52. The summed E-state index contributed by atoms with van der Waals surface area (Å²) in [5, 5.41) is 10.8. The molecule has 0 bridgehead atoms. The van der Waals surface area contributed by atoms with Crippen LogP contribution in [0.3, 0.4) is 0 Å². The Balaban J connectivity index is 2.33. The first kappa shape index (κ1) is 13.1. The first-order valence-corrected chi connectivity index (χ1v) is 6.52. The molecule has 3 nitrogen and oxygen atoms in total. The number of rotatable bonds is 3. The lowest BCUT2D eigenvalue weighted by molar-refractivity contribution is -0.151. The molecule has 1 fully saturated rings. The lowest BCUT2D eigenvalue weighted by Gasteiger charge is -2.37. The van der Waals surface area contributed by atoms with E-state index >= 15 is 0 Å². The molecule has 0 spiro atoms. The van der Waals surface area contributed by atoms with E-state index in [1.54, 1.807) is 0 Å². The molecule has 1 aliphatic carbocycles. The van der Waals surface area contributed by atoms with Gasteiger partial charge in [-0.1, -0.05) is 49.6 Å². The van der Waals surface area contributed by atoms with Crippen LogP contribution in [0.5, 0.6) is 0 Å². The molecule has 1 atom stereocenters. The maximum Gasteiger partial charge on any atom is 0.316 e. The van der Waals surface area contributed by atoms with Gasteiger partial charge in [0.15, 0.2) is 0 Å². The van der Waals surface area contributed by atoms with Crippen LogP contribution in [-0.2, 0) is 9.53 Å². The highest BCUT2D eigenvalue weighted by Crippen LogP contribution is 2.40. The van der Waals surface area contributed by atoms with E-state index in [0.717, 1.165) is 24.8 Å². The van der Waals surface area contributed by atoms with Crippen LogP contribution in [0, 0.1) is 0 Å². The highest BCUT2D eigenvalue weighted by molar-refractivity contribution is 5.79. The topological polar surface area (TPSA) is 46.5 Å². The summed E-state index contributed by atoms with van der Waals surface area (Å²) in [6.07, 6.45) is 4.40. The fraction of sp³-hybridized carbons (Fsp3) is 0.533. The minimum atomic E-state index is -0.952. The summed E-state index contributed by atoms with van der Waals surface area (Å²) in [7, 11) is 1.38. The highest BCUT2D eigenvalue weighted by Gasteiger charge is 2.43. The van der Waals surface area contributed by atoms with Gasteiger partial charge in [-0.05, 0) is 18.4 Å². The number of hydrogen-bond acceptors (Lipinski definition) is 3. The van der Waals surface area contributed by atoms with E-state index in [1.165, 1.54) is 7.11 Å². The normalized spacial score (nSPS) is 20.1. The maximum absolute atomic E-state index is 12.0. The van der Waals surface area contributed by atoms with E-state index in [1.807, 2.05) is 30.3 Å². The van der Waals surface area contributed by atoms with Gasteiger partial charge in [-0.2, -0.15) is 0 Å². The molecule has 1 saturated carbocycles. The third-order valence-electron chi connectivity index (χ3n) is 3.83. The maximum atomic E-state index is 12.0. The van der Waals surface area contributed by atoms with Gasteiger partial charge in [0.2, 0.25) is 0 Å². The van der Waals surface area contributed by atoms with Gasteiger partial charge in [-0.25, -0.2) is 0 Å². The average molecular weight is 248 g/mol. The van der Waals surface area contributed by atoms with Crippen molar-refractivity contribution in [2.75, 3.05) is 7.11 Å². The average Bonchev–Trinajstić information content (AvgIpc) is 2.40. The van der Waals surface area contributed by atoms with Gasteiger partial charge in [0.1, 0.15) is 5.92 Å². The van der Waals surface area contributed by atoms with Crippen LogP contribution in [0.25, 0.3) is 0 Å². The standard InChI is InChI=1S/C15H20O3/c1-18-14(16)13(12-8-4-2-5-9-12)15(17)10-6-3-7-11-15/h2,4-5,8-9,13,17H,3,6-7,10-11H2,1H3/t13-/m0/s1. The Morgan fingerprint density at radius 2 is 1.83 bits per heavy atom. The quantitative estimate of drug-likeness (QED) is 0.836. The number of methoxy groups -OCH3 is 1. The summed E-state index contributed by atoms with van der Waals surface area (Å²) < 4.78 is 4.89. The van der Waals surface area contributed by atoms with Gasteiger partial charge in [-0.15, -0.1) is 0 Å². The zero-order valence-corrected chi connectivity index (χ0v) is 10.8. The summed E-state index contributed by atoms with van der Waals surface area (Å²) in [5.41, 5.74) is -0.110. The molecule has 1 aromatic rings. The van der Waals surface area contributed by atoms with Crippen molar-refractivity contribution in [2.24, 2.45) is 0 Å². The number of ether oxygens (including phenoxy) is 1. The summed E-state index contributed by atoms with van der Waals surface area (Å²) in [6, 6.07) is 9.44. The van der Waals surface area contributed by atoms with Crippen LogP contribution in [0.2, 0.25) is 0 Å². The van der Waals surface area contributed by atoms with E-state index in [4.69, 9.17) is 4.74 Å². The molecule has 0 heterocycles. The minimum Gasteiger partial charge on any atom is -0.468 e. The van der Waals surface area contributed by atoms with Crippen molar-refractivity contribution in [2.45, 2.75) is 43.6 Å². The van der Waals surface area contributed by atoms with Crippen molar-refractivity contribution in [3.63, 3.8) is 0 Å². The van der Waals surface area contributed by atoms with Crippen LogP contribution in [0.15, 0.2) is 30.3 Å². The van der Waals surface area contributed by atoms with Gasteiger partial charge < -0.3 is 9.84 Å². The molecule has 3 heteroatoms. The number of carbonyl (C=O) groups excluding carboxylic acids is 1. The highest BCUT2D eigenvalue weighted by atomic mass is 16.5. The Bertz CT molecular complexity index is 393. The minimum absolute atomic E-state index is 0.342. The number of carbonyl (C=O) groups is 1. The zero-order valence-electron chi connectivity index (χ0n) is 10.8. The number of benzene rings is 1. The fourth-order valence-corrected chi connectivity index (χ4v) is 2.88. The summed E-state index contributed by atoms with van der Waals surface area (Å²) in [5.74, 6) is -0.908. The number of esters is 1. The summed E-state index contributed by atoms with van der Waals surface area (Å²) >= 11 is 0. The van der Waals surface area contributed by atoms with Gasteiger partial charge in [0, 0.05) is 0 Å².